The van der Waals surface area contributed by atoms with Gasteiger partial charge in [0, 0.05) is 24.2 Å². The van der Waals surface area contributed by atoms with Crippen LogP contribution in [0.3, 0.4) is 0 Å². The number of carbonyl (C=O) groups excluding carboxylic acids is 2. The molecule has 0 spiro atoms. The maximum absolute atomic E-state index is 14.6. The van der Waals surface area contributed by atoms with Gasteiger partial charge in [-0.3, -0.25) is 4.79 Å². The summed E-state index contributed by atoms with van der Waals surface area (Å²) in [7, 11) is 1.64. The van der Waals surface area contributed by atoms with E-state index in [9.17, 15) is 14.0 Å². The molecule has 0 bridgehead atoms. The number of hydrogen-bond donors (Lipinski definition) is 2. The first-order valence-corrected chi connectivity index (χ1v) is 10.7. The molecule has 162 valence electrons. The van der Waals surface area contributed by atoms with E-state index >= 15 is 0 Å². The lowest BCUT2D eigenvalue weighted by atomic mass is 9.87. The van der Waals surface area contributed by atoms with Crippen LogP contribution in [-0.4, -0.2) is 36.9 Å². The molecule has 2 aromatic carbocycles. The van der Waals surface area contributed by atoms with Crippen LogP contribution >= 0.6 is 0 Å². The van der Waals surface area contributed by atoms with Gasteiger partial charge in [-0.15, -0.1) is 0 Å². The normalized spacial score (nSPS) is 23.5. The standard InChI is InChI=1S/C24H27FN4O2/c1-15-11-13-16(14-12-15)26-24(31)28-22-23(30)29(2)20-10-6-4-8-18(20)21(27-22)17-7-3-5-9-19(17)25/h3-10,15-16,22H,11-14H2,1-2H3,(H2,26,28,31). The number of rotatable bonds is 3. The Balaban J connectivity index is 1.64. The number of likely N-dealkylation sites (N-methyl/N-ethyl adjacent to an activating group) is 1. The number of anilines is 1. The molecule has 1 unspecified atom stereocenters. The van der Waals surface area contributed by atoms with Gasteiger partial charge >= 0.3 is 6.03 Å². The number of urea groups is 1. The summed E-state index contributed by atoms with van der Waals surface area (Å²) in [5.74, 6) is -0.150. The van der Waals surface area contributed by atoms with Gasteiger partial charge in [-0.1, -0.05) is 37.3 Å². The van der Waals surface area contributed by atoms with Crippen molar-refractivity contribution in [1.82, 2.24) is 10.6 Å². The number of hydrogen-bond acceptors (Lipinski definition) is 3. The van der Waals surface area contributed by atoms with Gasteiger partial charge in [0.05, 0.1) is 11.4 Å². The molecular formula is C24H27FN4O2. The van der Waals surface area contributed by atoms with E-state index in [1.165, 1.54) is 11.0 Å². The number of para-hydroxylation sites is 1. The Labute approximate surface area is 181 Å². The SMILES string of the molecule is CC1CCC(NC(=O)NC2N=C(c3ccccc3F)c3ccccc3N(C)C2=O)CC1. The summed E-state index contributed by atoms with van der Waals surface area (Å²) in [6.07, 6.45) is 2.82. The lowest BCUT2D eigenvalue weighted by molar-refractivity contribution is -0.119. The van der Waals surface area contributed by atoms with Crippen molar-refractivity contribution in [3.05, 3.63) is 65.5 Å². The van der Waals surface area contributed by atoms with Crippen molar-refractivity contribution < 1.29 is 14.0 Å². The second kappa shape index (κ2) is 8.88. The Bertz CT molecular complexity index is 1010. The van der Waals surface area contributed by atoms with Crippen molar-refractivity contribution in [3.63, 3.8) is 0 Å². The van der Waals surface area contributed by atoms with E-state index in [1.54, 1.807) is 37.4 Å². The van der Waals surface area contributed by atoms with E-state index in [4.69, 9.17) is 0 Å². The zero-order chi connectivity index (χ0) is 22.0. The van der Waals surface area contributed by atoms with Gasteiger partial charge in [-0.25, -0.2) is 14.2 Å². The van der Waals surface area contributed by atoms with Crippen molar-refractivity contribution in [2.24, 2.45) is 10.9 Å². The smallest absolute Gasteiger partial charge is 0.317 e. The van der Waals surface area contributed by atoms with Crippen LogP contribution in [0, 0.1) is 11.7 Å². The third-order valence-electron chi connectivity index (χ3n) is 6.09. The fourth-order valence-corrected chi connectivity index (χ4v) is 4.24. The summed E-state index contributed by atoms with van der Waals surface area (Å²) in [6.45, 7) is 2.22. The Morgan fingerprint density at radius 2 is 1.65 bits per heavy atom. The van der Waals surface area contributed by atoms with Crippen molar-refractivity contribution in [2.75, 3.05) is 11.9 Å². The quantitative estimate of drug-likeness (QED) is 0.789. The third-order valence-corrected chi connectivity index (χ3v) is 6.09. The first-order valence-electron chi connectivity index (χ1n) is 10.7. The Morgan fingerprint density at radius 3 is 2.35 bits per heavy atom. The number of aliphatic imine (C=N–C) groups is 1. The number of benzene rings is 2. The first-order chi connectivity index (χ1) is 14.9. The Morgan fingerprint density at radius 1 is 1.00 bits per heavy atom. The predicted octanol–water partition coefficient (Wildman–Crippen LogP) is 3.84. The van der Waals surface area contributed by atoms with Crippen molar-refractivity contribution in [2.45, 2.75) is 44.8 Å². The maximum Gasteiger partial charge on any atom is 0.317 e. The maximum atomic E-state index is 14.6. The first kappa shape index (κ1) is 21.0. The molecule has 31 heavy (non-hydrogen) atoms. The summed E-state index contributed by atoms with van der Waals surface area (Å²) >= 11 is 0. The zero-order valence-electron chi connectivity index (χ0n) is 17.8. The van der Waals surface area contributed by atoms with Gasteiger partial charge in [-0.2, -0.15) is 0 Å². The average molecular weight is 423 g/mol. The van der Waals surface area contributed by atoms with Crippen molar-refractivity contribution in [3.8, 4) is 0 Å². The molecule has 1 aliphatic heterocycles. The van der Waals surface area contributed by atoms with E-state index in [-0.39, 0.29) is 17.5 Å². The minimum absolute atomic E-state index is 0.0852. The van der Waals surface area contributed by atoms with E-state index in [2.05, 4.69) is 22.5 Å². The third kappa shape index (κ3) is 4.45. The van der Waals surface area contributed by atoms with E-state index < -0.39 is 18.0 Å². The summed E-state index contributed by atoms with van der Waals surface area (Å²) < 4.78 is 14.6. The molecule has 0 saturated heterocycles. The van der Waals surface area contributed by atoms with E-state index in [1.807, 2.05) is 12.1 Å². The summed E-state index contributed by atoms with van der Waals surface area (Å²) in [4.78, 5) is 31.8. The molecule has 1 aliphatic carbocycles. The highest BCUT2D eigenvalue weighted by atomic mass is 19.1. The van der Waals surface area contributed by atoms with Crippen LogP contribution in [0.25, 0.3) is 0 Å². The molecule has 3 amide bonds. The van der Waals surface area contributed by atoms with Gasteiger partial charge in [0.2, 0.25) is 6.17 Å². The van der Waals surface area contributed by atoms with Crippen LogP contribution in [0.4, 0.5) is 14.9 Å². The molecule has 0 radical (unpaired) electrons. The highest BCUT2D eigenvalue weighted by molar-refractivity contribution is 6.20. The number of amides is 3. The van der Waals surface area contributed by atoms with Crippen LogP contribution in [0.15, 0.2) is 53.5 Å². The summed E-state index contributed by atoms with van der Waals surface area (Å²) in [5, 5.41) is 5.67. The van der Waals surface area contributed by atoms with Crippen LogP contribution in [0.2, 0.25) is 0 Å². The number of benzodiazepines with no additional fused rings is 1. The van der Waals surface area contributed by atoms with Crippen molar-refractivity contribution in [1.29, 1.82) is 0 Å². The molecule has 0 aromatic heterocycles. The Kier molecular flexibility index (Phi) is 6.02. The molecule has 1 fully saturated rings. The minimum Gasteiger partial charge on any atom is -0.335 e. The highest BCUT2D eigenvalue weighted by Crippen LogP contribution is 2.28. The number of halogens is 1. The van der Waals surface area contributed by atoms with Gasteiger partial charge in [0.15, 0.2) is 0 Å². The Hall–Kier alpha value is -3.22. The highest BCUT2D eigenvalue weighted by Gasteiger charge is 2.32. The second-order valence-electron chi connectivity index (χ2n) is 8.35. The van der Waals surface area contributed by atoms with E-state index in [0.717, 1.165) is 25.7 Å². The van der Waals surface area contributed by atoms with Gasteiger partial charge in [0.25, 0.3) is 5.91 Å². The number of carbonyl (C=O) groups is 2. The van der Waals surface area contributed by atoms with E-state index in [0.29, 0.717) is 22.9 Å². The van der Waals surface area contributed by atoms with Gasteiger partial charge in [-0.05, 0) is 49.8 Å². The molecule has 7 heteroatoms. The topological polar surface area (TPSA) is 73.8 Å². The fraction of sp³-hybridized carbons (Fsp3) is 0.375. The van der Waals surface area contributed by atoms with Crippen LogP contribution < -0.4 is 15.5 Å². The summed E-state index contributed by atoms with van der Waals surface area (Å²) in [5.41, 5.74) is 1.87. The number of nitrogens with zero attached hydrogens (tertiary/aromatic N) is 2. The molecule has 1 heterocycles. The largest absolute Gasteiger partial charge is 0.335 e. The van der Waals surface area contributed by atoms with Crippen LogP contribution in [-0.2, 0) is 4.79 Å². The van der Waals surface area contributed by atoms with Crippen LogP contribution in [0.5, 0.6) is 0 Å². The molecule has 2 aliphatic rings. The lowest BCUT2D eigenvalue weighted by Gasteiger charge is -2.27. The average Bonchev–Trinajstić information content (AvgIpc) is 2.87. The van der Waals surface area contributed by atoms with Gasteiger partial charge in [0.1, 0.15) is 5.82 Å². The second-order valence-corrected chi connectivity index (χ2v) is 8.35. The number of fused-ring (bicyclic) bond motifs is 1. The number of nitrogens with one attached hydrogen (secondary N) is 2. The lowest BCUT2D eigenvalue weighted by Crippen LogP contribution is -2.51. The summed E-state index contributed by atoms with van der Waals surface area (Å²) in [6, 6.07) is 13.2. The molecule has 1 atom stereocenters. The molecule has 4 rings (SSSR count). The zero-order valence-corrected chi connectivity index (χ0v) is 17.8. The molecule has 2 N–H and O–H groups in total. The molecule has 6 nitrogen and oxygen atoms in total. The molecule has 2 aromatic rings. The molecule has 1 saturated carbocycles. The van der Waals surface area contributed by atoms with Crippen molar-refractivity contribution >= 4 is 23.3 Å². The van der Waals surface area contributed by atoms with Gasteiger partial charge < -0.3 is 15.5 Å². The minimum atomic E-state index is -1.16. The van der Waals surface area contributed by atoms with Crippen LogP contribution in [0.1, 0.15) is 43.7 Å². The predicted molar refractivity (Wildman–Crippen MR) is 119 cm³/mol. The monoisotopic (exact) mass is 422 g/mol. The molecular weight excluding hydrogens is 395 g/mol. The fourth-order valence-electron chi connectivity index (χ4n) is 4.24.